The Kier molecular flexibility index (Phi) is 7.69. The highest BCUT2D eigenvalue weighted by molar-refractivity contribution is 7.99. The Morgan fingerprint density at radius 3 is 2.63 bits per heavy atom. The summed E-state index contributed by atoms with van der Waals surface area (Å²) < 4.78 is 12.0. The van der Waals surface area contributed by atoms with Crippen LogP contribution in [0.3, 0.4) is 0 Å². The Balaban J connectivity index is 1.54. The smallest absolute Gasteiger partial charge is 0.266 e. The Bertz CT molecular complexity index is 1450. The average molecular weight is 509 g/mol. The van der Waals surface area contributed by atoms with Crippen LogP contribution in [0.2, 0.25) is 5.02 Å². The Hall–Kier alpha value is -3.82. The number of benzene rings is 3. The lowest BCUT2D eigenvalue weighted by molar-refractivity contribution is -0.118. The summed E-state index contributed by atoms with van der Waals surface area (Å²) in [5.41, 5.74) is 4.05. The number of hydrogen-bond acceptors (Lipinski definition) is 7. The van der Waals surface area contributed by atoms with Crippen molar-refractivity contribution in [3.8, 4) is 17.2 Å². The van der Waals surface area contributed by atoms with Crippen molar-refractivity contribution in [3.05, 3.63) is 87.7 Å². The van der Waals surface area contributed by atoms with Crippen molar-refractivity contribution in [2.45, 2.75) is 5.16 Å². The van der Waals surface area contributed by atoms with Crippen LogP contribution in [0.1, 0.15) is 5.56 Å². The number of carbonyl (C=O) groups excluding carboxylic acids is 1. The second-order valence-electron chi connectivity index (χ2n) is 7.22. The quantitative estimate of drug-likeness (QED) is 0.165. The van der Waals surface area contributed by atoms with Gasteiger partial charge < -0.3 is 9.47 Å². The second kappa shape index (κ2) is 11.1. The normalized spacial score (nSPS) is 11.1. The van der Waals surface area contributed by atoms with E-state index in [1.807, 2.05) is 6.07 Å². The van der Waals surface area contributed by atoms with E-state index in [4.69, 9.17) is 21.1 Å². The lowest BCUT2D eigenvalue weighted by atomic mass is 10.2. The van der Waals surface area contributed by atoms with E-state index >= 15 is 0 Å². The molecule has 0 radical (unpaired) electrons. The molecule has 0 fully saturated rings. The van der Waals surface area contributed by atoms with Crippen LogP contribution in [-0.4, -0.2) is 41.6 Å². The predicted molar refractivity (Wildman–Crippen MR) is 138 cm³/mol. The summed E-state index contributed by atoms with van der Waals surface area (Å²) in [4.78, 5) is 30.4. The van der Waals surface area contributed by atoms with Gasteiger partial charge in [-0.05, 0) is 54.6 Å². The van der Waals surface area contributed by atoms with Gasteiger partial charge in [0, 0.05) is 10.6 Å². The number of halogens is 1. The highest BCUT2D eigenvalue weighted by Crippen LogP contribution is 2.23. The van der Waals surface area contributed by atoms with Crippen LogP contribution in [0.5, 0.6) is 11.5 Å². The summed E-state index contributed by atoms with van der Waals surface area (Å²) >= 11 is 7.15. The fraction of sp³-hybridized carbons (Fsp3) is 0.120. The van der Waals surface area contributed by atoms with Crippen molar-refractivity contribution in [1.29, 1.82) is 0 Å². The zero-order chi connectivity index (χ0) is 24.8. The maximum absolute atomic E-state index is 13.3. The van der Waals surface area contributed by atoms with Crippen molar-refractivity contribution < 1.29 is 14.3 Å². The Morgan fingerprint density at radius 1 is 1.11 bits per heavy atom. The minimum absolute atomic E-state index is 0.00897. The highest BCUT2D eigenvalue weighted by atomic mass is 35.5. The summed E-state index contributed by atoms with van der Waals surface area (Å²) in [5.74, 6) is 0.852. The number of ether oxygens (including phenoxy) is 2. The molecule has 0 bridgehead atoms. The van der Waals surface area contributed by atoms with Gasteiger partial charge in [-0.25, -0.2) is 10.4 Å². The molecule has 0 aliphatic carbocycles. The van der Waals surface area contributed by atoms with Gasteiger partial charge in [0.15, 0.2) is 5.16 Å². The van der Waals surface area contributed by atoms with Gasteiger partial charge in [0.2, 0.25) is 0 Å². The van der Waals surface area contributed by atoms with E-state index in [9.17, 15) is 9.59 Å². The lowest BCUT2D eigenvalue weighted by Crippen LogP contribution is -2.24. The van der Waals surface area contributed by atoms with E-state index < -0.39 is 0 Å². The first-order valence-corrected chi connectivity index (χ1v) is 11.8. The van der Waals surface area contributed by atoms with Crippen molar-refractivity contribution in [1.82, 2.24) is 15.0 Å². The van der Waals surface area contributed by atoms with Gasteiger partial charge in [-0.2, -0.15) is 5.10 Å². The monoisotopic (exact) mass is 508 g/mol. The third-order valence-corrected chi connectivity index (χ3v) is 6.18. The molecule has 0 saturated carbocycles. The summed E-state index contributed by atoms with van der Waals surface area (Å²) in [7, 11) is 3.11. The van der Waals surface area contributed by atoms with Gasteiger partial charge >= 0.3 is 0 Å². The standard InChI is InChI=1S/C25H21ClN4O4S/c1-33-19-11-12-22(34-2)16(13-19)14-27-29-23(31)15-35-25-28-21-6-4-3-5-20(21)24(32)30(25)18-9-7-17(26)8-10-18/h3-14H,15H2,1-2H3,(H,29,31). The largest absolute Gasteiger partial charge is 0.497 e. The molecular formula is C25H21ClN4O4S. The molecule has 178 valence electrons. The van der Waals surface area contributed by atoms with E-state index in [0.717, 1.165) is 11.8 Å². The van der Waals surface area contributed by atoms with Crippen LogP contribution < -0.4 is 20.5 Å². The van der Waals surface area contributed by atoms with E-state index in [1.165, 1.54) is 10.8 Å². The molecule has 0 saturated heterocycles. The minimum atomic E-state index is -0.363. The average Bonchev–Trinajstić information content (AvgIpc) is 2.88. The van der Waals surface area contributed by atoms with E-state index in [2.05, 4.69) is 15.5 Å². The first kappa shape index (κ1) is 24.3. The number of rotatable bonds is 8. The topological polar surface area (TPSA) is 94.8 Å². The predicted octanol–water partition coefficient (Wildman–Crippen LogP) is 4.30. The van der Waals surface area contributed by atoms with E-state index in [-0.39, 0.29) is 17.2 Å². The highest BCUT2D eigenvalue weighted by Gasteiger charge is 2.15. The lowest BCUT2D eigenvalue weighted by Gasteiger charge is -2.13. The molecular weight excluding hydrogens is 488 g/mol. The number of fused-ring (bicyclic) bond motifs is 1. The Labute approximate surface area is 210 Å². The zero-order valence-corrected chi connectivity index (χ0v) is 20.5. The maximum Gasteiger partial charge on any atom is 0.266 e. The molecule has 8 nitrogen and oxygen atoms in total. The van der Waals surface area contributed by atoms with Gasteiger partial charge in [-0.15, -0.1) is 0 Å². The van der Waals surface area contributed by atoms with Crippen LogP contribution in [0, 0.1) is 0 Å². The third-order valence-electron chi connectivity index (χ3n) is 4.99. The molecule has 0 aliphatic rings. The zero-order valence-electron chi connectivity index (χ0n) is 18.9. The van der Waals surface area contributed by atoms with Crippen LogP contribution in [-0.2, 0) is 4.79 Å². The minimum Gasteiger partial charge on any atom is -0.497 e. The van der Waals surface area contributed by atoms with Crippen LogP contribution in [0.25, 0.3) is 16.6 Å². The van der Waals surface area contributed by atoms with Crippen molar-refractivity contribution >= 4 is 46.4 Å². The molecule has 0 unspecified atom stereocenters. The first-order valence-electron chi connectivity index (χ1n) is 10.4. The van der Waals surface area contributed by atoms with Crippen molar-refractivity contribution in [2.24, 2.45) is 5.10 Å². The first-order chi connectivity index (χ1) is 17.0. The fourth-order valence-corrected chi connectivity index (χ4v) is 4.23. The molecule has 1 amide bonds. The van der Waals surface area contributed by atoms with E-state index in [0.29, 0.717) is 43.8 Å². The van der Waals surface area contributed by atoms with Crippen LogP contribution in [0.15, 0.2) is 81.8 Å². The molecule has 4 rings (SSSR count). The molecule has 0 spiro atoms. The molecule has 1 aromatic heterocycles. The van der Waals surface area contributed by atoms with Crippen molar-refractivity contribution in [3.63, 3.8) is 0 Å². The number of para-hydroxylation sites is 1. The summed E-state index contributed by atoms with van der Waals surface area (Å²) in [6.07, 6.45) is 1.47. The van der Waals surface area contributed by atoms with Gasteiger partial charge in [0.1, 0.15) is 11.5 Å². The summed E-state index contributed by atoms with van der Waals surface area (Å²) in [6, 6.07) is 19.2. The number of hydrazone groups is 1. The van der Waals surface area contributed by atoms with Crippen LogP contribution >= 0.6 is 23.4 Å². The van der Waals surface area contributed by atoms with Gasteiger partial charge in [0.25, 0.3) is 11.5 Å². The number of methoxy groups -OCH3 is 2. The second-order valence-corrected chi connectivity index (χ2v) is 8.60. The molecule has 0 aliphatic heterocycles. The van der Waals surface area contributed by atoms with Gasteiger partial charge in [-0.3, -0.25) is 14.2 Å². The number of aromatic nitrogens is 2. The number of amides is 1. The molecule has 3 aromatic carbocycles. The number of nitrogens with zero attached hydrogens (tertiary/aromatic N) is 3. The SMILES string of the molecule is COc1ccc(OC)c(C=NNC(=O)CSc2nc3ccccc3c(=O)n2-c2ccc(Cl)cc2)c1. The number of carbonyl (C=O) groups is 1. The van der Waals surface area contributed by atoms with Gasteiger partial charge in [-0.1, -0.05) is 35.5 Å². The molecule has 0 atom stereocenters. The molecule has 10 heteroatoms. The number of hydrogen-bond donors (Lipinski definition) is 1. The number of nitrogens with one attached hydrogen (secondary N) is 1. The van der Waals surface area contributed by atoms with Crippen LogP contribution in [0.4, 0.5) is 0 Å². The molecule has 1 heterocycles. The van der Waals surface area contributed by atoms with Gasteiger partial charge in [0.05, 0.1) is 42.8 Å². The molecule has 1 N–H and O–H groups in total. The molecule has 4 aromatic rings. The van der Waals surface area contributed by atoms with Crippen molar-refractivity contribution in [2.75, 3.05) is 20.0 Å². The fourth-order valence-electron chi connectivity index (χ4n) is 3.30. The molecule has 35 heavy (non-hydrogen) atoms. The number of thioether (sulfide) groups is 1. The third kappa shape index (κ3) is 5.64. The maximum atomic E-state index is 13.3. The Morgan fingerprint density at radius 2 is 1.89 bits per heavy atom. The summed E-state index contributed by atoms with van der Waals surface area (Å²) in [5, 5.41) is 5.43. The summed E-state index contributed by atoms with van der Waals surface area (Å²) in [6.45, 7) is 0. The van der Waals surface area contributed by atoms with E-state index in [1.54, 1.807) is 74.9 Å².